The lowest BCUT2D eigenvalue weighted by Crippen LogP contribution is -2.37. The molecule has 3 rings (SSSR count). The van der Waals surface area contributed by atoms with E-state index in [4.69, 9.17) is 9.47 Å². The predicted molar refractivity (Wildman–Crippen MR) is 94.6 cm³/mol. The molecule has 0 radical (unpaired) electrons. The first-order chi connectivity index (χ1) is 10.8. The van der Waals surface area contributed by atoms with E-state index in [-0.39, 0.29) is 12.4 Å². The fourth-order valence-corrected chi connectivity index (χ4v) is 3.19. The van der Waals surface area contributed by atoms with Crippen molar-refractivity contribution in [1.29, 1.82) is 0 Å². The molecule has 2 aromatic carbocycles. The molecule has 4 heteroatoms. The lowest BCUT2D eigenvalue weighted by atomic mass is 9.92. The van der Waals surface area contributed by atoms with Crippen molar-refractivity contribution in [3.8, 4) is 0 Å². The van der Waals surface area contributed by atoms with Gasteiger partial charge in [0, 0.05) is 18.5 Å². The van der Waals surface area contributed by atoms with Crippen LogP contribution in [0.5, 0.6) is 0 Å². The van der Waals surface area contributed by atoms with E-state index in [0.29, 0.717) is 18.8 Å². The van der Waals surface area contributed by atoms with Gasteiger partial charge in [-0.15, -0.1) is 12.4 Å². The van der Waals surface area contributed by atoms with Gasteiger partial charge in [-0.05, 0) is 18.2 Å². The monoisotopic (exact) mass is 333 g/mol. The Bertz CT molecular complexity index is 558. The Balaban J connectivity index is 0.00000192. The second kappa shape index (κ2) is 9.04. The van der Waals surface area contributed by atoms with E-state index in [1.165, 1.54) is 11.1 Å². The van der Waals surface area contributed by atoms with Gasteiger partial charge in [-0.25, -0.2) is 0 Å². The minimum absolute atomic E-state index is 0. The highest BCUT2D eigenvalue weighted by Crippen LogP contribution is 2.31. The Morgan fingerprint density at radius 2 is 1.52 bits per heavy atom. The van der Waals surface area contributed by atoms with Gasteiger partial charge in [-0.2, -0.15) is 0 Å². The molecule has 23 heavy (non-hydrogen) atoms. The number of hydrogen-bond acceptors (Lipinski definition) is 3. The van der Waals surface area contributed by atoms with E-state index < -0.39 is 0 Å². The summed E-state index contributed by atoms with van der Waals surface area (Å²) in [5.74, 6) is 0.352. The maximum absolute atomic E-state index is 5.54. The summed E-state index contributed by atoms with van der Waals surface area (Å²) in [5, 5.41) is 0. The molecule has 1 heterocycles. The number of hydrogen-bond donors (Lipinski definition) is 0. The third-order valence-electron chi connectivity index (χ3n) is 4.17. The summed E-state index contributed by atoms with van der Waals surface area (Å²) < 4.78 is 11.1. The second-order valence-electron chi connectivity index (χ2n) is 5.88. The van der Waals surface area contributed by atoms with Crippen molar-refractivity contribution in [2.45, 2.75) is 12.6 Å². The minimum atomic E-state index is 0. The van der Waals surface area contributed by atoms with Gasteiger partial charge in [0.2, 0.25) is 0 Å². The molecule has 1 fully saturated rings. The molecule has 0 saturated carbocycles. The third-order valence-corrected chi connectivity index (χ3v) is 4.17. The maximum atomic E-state index is 5.54. The summed E-state index contributed by atoms with van der Waals surface area (Å²) in [4.78, 5) is 2.40. The molecule has 3 nitrogen and oxygen atoms in total. The molecule has 124 valence electrons. The van der Waals surface area contributed by atoms with Crippen molar-refractivity contribution in [2.75, 3.05) is 27.1 Å². The summed E-state index contributed by atoms with van der Waals surface area (Å²) >= 11 is 0. The molecule has 1 aliphatic rings. The van der Waals surface area contributed by atoms with Crippen molar-refractivity contribution in [3.05, 3.63) is 71.8 Å². The first-order valence-electron chi connectivity index (χ1n) is 7.79. The number of benzene rings is 2. The quantitative estimate of drug-likeness (QED) is 0.828. The maximum Gasteiger partial charge on any atom is 0.146 e. The molecule has 1 aliphatic heterocycles. The predicted octanol–water partition coefficient (Wildman–Crippen LogP) is 3.90. The van der Waals surface area contributed by atoms with Gasteiger partial charge in [0.15, 0.2) is 0 Å². The van der Waals surface area contributed by atoms with Crippen LogP contribution in [0.2, 0.25) is 0 Å². The van der Waals surface area contributed by atoms with Crippen LogP contribution in [0.3, 0.4) is 0 Å². The molecule has 0 amide bonds. The summed E-state index contributed by atoms with van der Waals surface area (Å²) in [5.41, 5.74) is 2.64. The summed E-state index contributed by atoms with van der Waals surface area (Å²) in [6.45, 7) is 2.83. The Morgan fingerprint density at radius 1 is 0.957 bits per heavy atom. The number of halogens is 1. The number of nitrogens with zero attached hydrogens (tertiary/aromatic N) is 1. The van der Waals surface area contributed by atoms with Gasteiger partial charge in [-0.3, -0.25) is 4.90 Å². The van der Waals surface area contributed by atoms with Gasteiger partial charge in [-0.1, -0.05) is 60.7 Å². The third kappa shape index (κ3) is 4.79. The standard InChI is InChI=1S/C19H23NO2.ClH/c1-20(12-16-8-4-2-5-9-16)19(17-10-6-3-7-11-17)18-13-21-15-22-14-18;/h2-11,18-19H,12-15H2,1H3;1H. The first kappa shape index (κ1) is 18.0. The smallest absolute Gasteiger partial charge is 0.146 e. The summed E-state index contributed by atoms with van der Waals surface area (Å²) in [6, 6.07) is 21.5. The van der Waals surface area contributed by atoms with Crippen LogP contribution in [0.25, 0.3) is 0 Å². The lowest BCUT2D eigenvalue weighted by molar-refractivity contribution is -0.141. The zero-order valence-corrected chi connectivity index (χ0v) is 14.2. The van der Waals surface area contributed by atoms with E-state index in [9.17, 15) is 0 Å². The molecule has 0 aromatic heterocycles. The lowest BCUT2D eigenvalue weighted by Gasteiger charge is -2.36. The Hall–Kier alpha value is -1.39. The highest BCUT2D eigenvalue weighted by molar-refractivity contribution is 5.85. The summed E-state index contributed by atoms with van der Waals surface area (Å²) in [7, 11) is 2.18. The highest BCUT2D eigenvalue weighted by atomic mass is 35.5. The van der Waals surface area contributed by atoms with Gasteiger partial charge in [0.25, 0.3) is 0 Å². The van der Waals surface area contributed by atoms with Crippen LogP contribution in [-0.2, 0) is 16.0 Å². The molecular formula is C19H24ClNO2. The van der Waals surface area contributed by atoms with Crippen molar-refractivity contribution >= 4 is 12.4 Å². The van der Waals surface area contributed by atoms with E-state index in [1.807, 2.05) is 0 Å². The summed E-state index contributed by atoms with van der Waals surface area (Å²) in [6.07, 6.45) is 0. The van der Waals surface area contributed by atoms with Crippen LogP contribution >= 0.6 is 12.4 Å². The van der Waals surface area contributed by atoms with Crippen molar-refractivity contribution in [3.63, 3.8) is 0 Å². The zero-order valence-electron chi connectivity index (χ0n) is 13.4. The molecular weight excluding hydrogens is 310 g/mol. The Labute approximate surface area is 144 Å². The van der Waals surface area contributed by atoms with Crippen molar-refractivity contribution in [1.82, 2.24) is 4.90 Å². The molecule has 0 spiro atoms. The van der Waals surface area contributed by atoms with Crippen molar-refractivity contribution < 1.29 is 9.47 Å². The van der Waals surface area contributed by atoms with Gasteiger partial charge in [0.1, 0.15) is 6.79 Å². The Morgan fingerprint density at radius 3 is 2.13 bits per heavy atom. The van der Waals surface area contributed by atoms with Gasteiger partial charge in [0.05, 0.1) is 13.2 Å². The first-order valence-corrected chi connectivity index (χ1v) is 7.79. The SMILES string of the molecule is CN(Cc1ccccc1)C(c1ccccc1)C1COCOC1.Cl. The minimum Gasteiger partial charge on any atom is -0.355 e. The fraction of sp³-hybridized carbons (Fsp3) is 0.368. The average molecular weight is 334 g/mol. The van der Waals surface area contributed by atoms with E-state index in [0.717, 1.165) is 19.8 Å². The second-order valence-corrected chi connectivity index (χ2v) is 5.88. The van der Waals surface area contributed by atoms with E-state index in [2.05, 4.69) is 72.6 Å². The molecule has 1 unspecified atom stereocenters. The van der Waals surface area contributed by atoms with Crippen LogP contribution in [0.1, 0.15) is 17.2 Å². The Kier molecular flexibility index (Phi) is 7.06. The van der Waals surface area contributed by atoms with Crippen LogP contribution in [0, 0.1) is 5.92 Å². The largest absolute Gasteiger partial charge is 0.355 e. The number of rotatable bonds is 5. The zero-order chi connectivity index (χ0) is 15.2. The normalized spacial score (nSPS) is 16.8. The highest BCUT2D eigenvalue weighted by Gasteiger charge is 2.29. The molecule has 0 aliphatic carbocycles. The van der Waals surface area contributed by atoms with E-state index in [1.54, 1.807) is 0 Å². The van der Waals surface area contributed by atoms with E-state index >= 15 is 0 Å². The topological polar surface area (TPSA) is 21.7 Å². The van der Waals surface area contributed by atoms with Crippen molar-refractivity contribution in [2.24, 2.45) is 5.92 Å². The van der Waals surface area contributed by atoms with Crippen LogP contribution in [0.4, 0.5) is 0 Å². The molecule has 2 aromatic rings. The number of ether oxygens (including phenoxy) is 2. The molecule has 1 atom stereocenters. The molecule has 0 bridgehead atoms. The molecule has 1 saturated heterocycles. The average Bonchev–Trinajstić information content (AvgIpc) is 2.58. The van der Waals surface area contributed by atoms with Crippen LogP contribution in [-0.4, -0.2) is 32.0 Å². The molecule has 0 N–H and O–H groups in total. The van der Waals surface area contributed by atoms with Crippen LogP contribution in [0.15, 0.2) is 60.7 Å². The fourth-order valence-electron chi connectivity index (χ4n) is 3.19. The van der Waals surface area contributed by atoms with Crippen LogP contribution < -0.4 is 0 Å². The van der Waals surface area contributed by atoms with Gasteiger partial charge < -0.3 is 9.47 Å². The van der Waals surface area contributed by atoms with Gasteiger partial charge >= 0.3 is 0 Å².